The van der Waals surface area contributed by atoms with E-state index < -0.39 is 6.61 Å². The highest BCUT2D eigenvalue weighted by Gasteiger charge is 2.10. The van der Waals surface area contributed by atoms with Crippen molar-refractivity contribution in [3.8, 4) is 5.75 Å². The number of halogens is 2. The molecule has 2 aromatic carbocycles. The van der Waals surface area contributed by atoms with Crippen LogP contribution in [-0.4, -0.2) is 21.4 Å². The molecule has 3 rings (SSSR count). The van der Waals surface area contributed by atoms with Gasteiger partial charge in [0.1, 0.15) is 5.75 Å². The number of hydrogen-bond acceptors (Lipinski definition) is 4. The molecule has 5 nitrogen and oxygen atoms in total. The van der Waals surface area contributed by atoms with E-state index in [0.717, 1.165) is 17.5 Å². The molecule has 0 spiro atoms. The molecule has 0 atom stereocenters. The van der Waals surface area contributed by atoms with Crippen LogP contribution in [0.1, 0.15) is 11.1 Å². The number of aromatic amines is 1. The maximum Gasteiger partial charge on any atom is 0.387 e. The van der Waals surface area contributed by atoms with E-state index in [-0.39, 0.29) is 11.4 Å². The smallest absolute Gasteiger partial charge is 0.387 e. The molecular weight excluding hydrogens is 360 g/mol. The van der Waals surface area contributed by atoms with Crippen LogP contribution in [0.3, 0.4) is 0 Å². The van der Waals surface area contributed by atoms with Crippen molar-refractivity contribution < 1.29 is 13.5 Å². The summed E-state index contributed by atoms with van der Waals surface area (Å²) >= 11 is 1.41. The summed E-state index contributed by atoms with van der Waals surface area (Å²) in [5.41, 5.74) is 1.82. The molecule has 136 valence electrons. The lowest BCUT2D eigenvalue weighted by molar-refractivity contribution is -0.0498. The van der Waals surface area contributed by atoms with Crippen molar-refractivity contribution in [1.82, 2.24) is 14.8 Å². The van der Waals surface area contributed by atoms with Gasteiger partial charge in [-0.1, -0.05) is 54.2 Å². The summed E-state index contributed by atoms with van der Waals surface area (Å²) in [7, 11) is 0. The second-order valence-electron chi connectivity index (χ2n) is 5.51. The molecule has 0 amide bonds. The van der Waals surface area contributed by atoms with Gasteiger partial charge in [0.25, 0.3) is 0 Å². The Labute approximate surface area is 153 Å². The lowest BCUT2D eigenvalue weighted by atomic mass is 10.1. The third-order valence-electron chi connectivity index (χ3n) is 3.71. The van der Waals surface area contributed by atoms with E-state index in [1.165, 1.54) is 23.9 Å². The highest BCUT2D eigenvalue weighted by atomic mass is 32.2. The van der Waals surface area contributed by atoms with Crippen LogP contribution in [0, 0.1) is 0 Å². The number of aryl methyl sites for hydroxylation is 1. The fourth-order valence-corrected chi connectivity index (χ4v) is 3.34. The average Bonchev–Trinajstić information content (AvgIpc) is 2.99. The fraction of sp³-hybridized carbons (Fsp3) is 0.222. The predicted octanol–water partition coefficient (Wildman–Crippen LogP) is 3.71. The molecule has 26 heavy (non-hydrogen) atoms. The number of nitrogens with zero attached hydrogens (tertiary/aromatic N) is 2. The van der Waals surface area contributed by atoms with Crippen LogP contribution in [0.2, 0.25) is 0 Å². The van der Waals surface area contributed by atoms with Crippen LogP contribution in [0.25, 0.3) is 0 Å². The lowest BCUT2D eigenvalue weighted by Crippen LogP contribution is -2.18. The number of ether oxygens (including phenoxy) is 1. The molecule has 0 bridgehead atoms. The van der Waals surface area contributed by atoms with Crippen molar-refractivity contribution in [2.24, 2.45) is 0 Å². The Hall–Kier alpha value is -2.61. The molecule has 1 heterocycles. The van der Waals surface area contributed by atoms with E-state index in [9.17, 15) is 13.6 Å². The summed E-state index contributed by atoms with van der Waals surface area (Å²) < 4.78 is 30.3. The predicted molar refractivity (Wildman–Crippen MR) is 95.6 cm³/mol. The Morgan fingerprint density at radius 3 is 2.50 bits per heavy atom. The standard InChI is InChI=1S/C18H17F2N3O2S/c19-16(20)25-15-8-6-14(7-9-15)12-26-18-22-21-17(24)23(18)11-10-13-4-2-1-3-5-13/h1-9,16H,10-12H2,(H,21,24). The molecule has 0 saturated carbocycles. The van der Waals surface area contributed by atoms with Gasteiger partial charge in [0.2, 0.25) is 0 Å². The summed E-state index contributed by atoms with van der Waals surface area (Å²) in [4.78, 5) is 12.0. The van der Waals surface area contributed by atoms with Gasteiger partial charge >= 0.3 is 12.3 Å². The first kappa shape index (κ1) is 18.2. The molecule has 0 aliphatic rings. The number of rotatable bonds is 8. The molecule has 0 unspecified atom stereocenters. The Kier molecular flexibility index (Phi) is 6.06. The highest BCUT2D eigenvalue weighted by Crippen LogP contribution is 2.22. The summed E-state index contributed by atoms with van der Waals surface area (Å²) in [6, 6.07) is 16.3. The molecule has 0 radical (unpaired) electrons. The van der Waals surface area contributed by atoms with Crippen LogP contribution in [0.5, 0.6) is 5.75 Å². The number of nitrogens with one attached hydrogen (secondary N) is 1. The minimum absolute atomic E-state index is 0.119. The highest BCUT2D eigenvalue weighted by molar-refractivity contribution is 7.98. The summed E-state index contributed by atoms with van der Waals surface area (Å²) in [5.74, 6) is 0.679. The second-order valence-corrected chi connectivity index (χ2v) is 6.45. The van der Waals surface area contributed by atoms with Crippen molar-refractivity contribution in [2.45, 2.75) is 30.5 Å². The first-order valence-electron chi connectivity index (χ1n) is 7.97. The number of H-pyrrole nitrogens is 1. The van der Waals surface area contributed by atoms with Crippen molar-refractivity contribution in [3.05, 3.63) is 76.2 Å². The van der Waals surface area contributed by atoms with Gasteiger partial charge in [-0.3, -0.25) is 4.57 Å². The van der Waals surface area contributed by atoms with Crippen LogP contribution in [0.4, 0.5) is 8.78 Å². The van der Waals surface area contributed by atoms with E-state index >= 15 is 0 Å². The molecule has 1 N–H and O–H groups in total. The van der Waals surface area contributed by atoms with Gasteiger partial charge in [0.15, 0.2) is 5.16 Å². The van der Waals surface area contributed by atoms with E-state index in [0.29, 0.717) is 17.5 Å². The number of aromatic nitrogens is 3. The average molecular weight is 377 g/mol. The van der Waals surface area contributed by atoms with Gasteiger partial charge in [0.05, 0.1) is 0 Å². The van der Waals surface area contributed by atoms with Gasteiger partial charge in [-0.25, -0.2) is 9.89 Å². The van der Waals surface area contributed by atoms with Gasteiger partial charge < -0.3 is 4.74 Å². The summed E-state index contributed by atoms with van der Waals surface area (Å²) in [6.07, 6.45) is 0.730. The van der Waals surface area contributed by atoms with Gasteiger partial charge in [-0.05, 0) is 29.7 Å². The maximum absolute atomic E-state index is 12.2. The largest absolute Gasteiger partial charge is 0.435 e. The van der Waals surface area contributed by atoms with Crippen molar-refractivity contribution in [2.75, 3.05) is 0 Å². The molecular formula is C18H17F2N3O2S. The maximum atomic E-state index is 12.2. The van der Waals surface area contributed by atoms with E-state index in [1.54, 1.807) is 16.7 Å². The monoisotopic (exact) mass is 377 g/mol. The zero-order chi connectivity index (χ0) is 18.4. The van der Waals surface area contributed by atoms with E-state index in [4.69, 9.17) is 0 Å². The normalized spacial score (nSPS) is 11.0. The minimum atomic E-state index is -2.83. The third kappa shape index (κ3) is 4.95. The Bertz CT molecular complexity index is 879. The van der Waals surface area contributed by atoms with Crippen LogP contribution < -0.4 is 10.4 Å². The SMILES string of the molecule is O=c1[nH]nc(SCc2ccc(OC(F)F)cc2)n1CCc1ccccc1. The number of hydrogen-bond donors (Lipinski definition) is 1. The van der Waals surface area contributed by atoms with Crippen molar-refractivity contribution in [3.63, 3.8) is 0 Å². The zero-order valence-corrected chi connectivity index (χ0v) is 14.6. The molecule has 0 aliphatic heterocycles. The fourth-order valence-electron chi connectivity index (χ4n) is 2.41. The molecule has 0 aliphatic carbocycles. The molecule has 1 aromatic heterocycles. The van der Waals surface area contributed by atoms with Gasteiger partial charge in [-0.2, -0.15) is 8.78 Å². The van der Waals surface area contributed by atoms with Gasteiger partial charge in [0, 0.05) is 12.3 Å². The van der Waals surface area contributed by atoms with Crippen LogP contribution >= 0.6 is 11.8 Å². The third-order valence-corrected chi connectivity index (χ3v) is 4.75. The number of benzene rings is 2. The van der Waals surface area contributed by atoms with E-state index in [2.05, 4.69) is 14.9 Å². The Morgan fingerprint density at radius 1 is 1.08 bits per heavy atom. The topological polar surface area (TPSA) is 59.9 Å². The molecule has 8 heteroatoms. The van der Waals surface area contributed by atoms with Crippen LogP contribution in [-0.2, 0) is 18.7 Å². The minimum Gasteiger partial charge on any atom is -0.435 e. The van der Waals surface area contributed by atoms with E-state index in [1.807, 2.05) is 30.3 Å². The molecule has 0 saturated heterocycles. The van der Waals surface area contributed by atoms with Crippen LogP contribution in [0.15, 0.2) is 64.5 Å². The Balaban J connectivity index is 1.61. The van der Waals surface area contributed by atoms with Gasteiger partial charge in [-0.15, -0.1) is 5.10 Å². The molecule has 0 fully saturated rings. The zero-order valence-electron chi connectivity index (χ0n) is 13.8. The quantitative estimate of drug-likeness (QED) is 0.608. The summed E-state index contributed by atoms with van der Waals surface area (Å²) in [6.45, 7) is -2.30. The summed E-state index contributed by atoms with van der Waals surface area (Å²) in [5, 5.41) is 7.13. The lowest BCUT2D eigenvalue weighted by Gasteiger charge is -2.07. The number of thioether (sulfide) groups is 1. The second kappa shape index (κ2) is 8.66. The van der Waals surface area contributed by atoms with Crippen molar-refractivity contribution >= 4 is 11.8 Å². The Morgan fingerprint density at radius 2 is 1.81 bits per heavy atom. The first-order chi connectivity index (χ1) is 12.6. The van der Waals surface area contributed by atoms with Crippen molar-refractivity contribution in [1.29, 1.82) is 0 Å². The molecule has 3 aromatic rings. The number of alkyl halides is 2. The first-order valence-corrected chi connectivity index (χ1v) is 8.96.